The lowest BCUT2D eigenvalue weighted by Gasteiger charge is -2.14. The molecule has 0 aliphatic rings. The van der Waals surface area contributed by atoms with Crippen molar-refractivity contribution in [1.29, 1.82) is 0 Å². The second-order valence-electron chi connectivity index (χ2n) is 1.94. The number of thioether (sulfide) groups is 1. The Bertz CT molecular complexity index is 225. The molecular formula is C7H7Cl2NS. The minimum atomic E-state index is -0.915. The van der Waals surface area contributed by atoms with Crippen LogP contribution in [0.25, 0.3) is 0 Å². The number of pyridine rings is 1. The first-order chi connectivity index (χ1) is 5.17. The quantitative estimate of drug-likeness (QED) is 0.693. The maximum atomic E-state index is 5.91. The molecule has 0 aromatic carbocycles. The van der Waals surface area contributed by atoms with Gasteiger partial charge in [-0.25, -0.2) is 0 Å². The van der Waals surface area contributed by atoms with Crippen molar-refractivity contribution in [2.24, 2.45) is 0 Å². The third-order valence-corrected chi connectivity index (χ3v) is 3.25. The van der Waals surface area contributed by atoms with Crippen molar-refractivity contribution in [1.82, 2.24) is 4.98 Å². The minimum Gasteiger partial charge on any atom is -0.257 e. The van der Waals surface area contributed by atoms with E-state index in [0.717, 1.165) is 0 Å². The summed E-state index contributed by atoms with van der Waals surface area (Å²) >= 11 is 13.2. The van der Waals surface area contributed by atoms with Crippen LogP contribution in [-0.4, -0.2) is 11.2 Å². The maximum absolute atomic E-state index is 5.91. The summed E-state index contributed by atoms with van der Waals surface area (Å²) in [6.45, 7) is 0. The van der Waals surface area contributed by atoms with Gasteiger partial charge in [-0.2, -0.15) is 0 Å². The zero-order valence-electron chi connectivity index (χ0n) is 5.92. The van der Waals surface area contributed by atoms with E-state index in [-0.39, 0.29) is 0 Å². The summed E-state index contributed by atoms with van der Waals surface area (Å²) in [5, 5.41) is 0. The van der Waals surface area contributed by atoms with Crippen molar-refractivity contribution < 1.29 is 0 Å². The van der Waals surface area contributed by atoms with E-state index in [1.54, 1.807) is 12.3 Å². The van der Waals surface area contributed by atoms with Crippen LogP contribution in [0.4, 0.5) is 0 Å². The van der Waals surface area contributed by atoms with Crippen molar-refractivity contribution >= 4 is 35.0 Å². The van der Waals surface area contributed by atoms with E-state index in [4.69, 9.17) is 23.2 Å². The van der Waals surface area contributed by atoms with Crippen molar-refractivity contribution in [2.75, 3.05) is 6.26 Å². The van der Waals surface area contributed by atoms with Gasteiger partial charge in [0.2, 0.25) is 3.67 Å². The van der Waals surface area contributed by atoms with Gasteiger partial charge in [0.15, 0.2) is 0 Å². The molecule has 0 radical (unpaired) electrons. The Hall–Kier alpha value is 0.0800. The lowest BCUT2D eigenvalue weighted by Crippen LogP contribution is -2.05. The highest BCUT2D eigenvalue weighted by atomic mass is 35.5. The number of rotatable bonds is 2. The van der Waals surface area contributed by atoms with Crippen LogP contribution < -0.4 is 0 Å². The van der Waals surface area contributed by atoms with Gasteiger partial charge in [-0.05, 0) is 18.4 Å². The number of hydrogen-bond donors (Lipinski definition) is 0. The zero-order chi connectivity index (χ0) is 8.32. The Morgan fingerprint density at radius 2 is 2.18 bits per heavy atom. The summed E-state index contributed by atoms with van der Waals surface area (Å²) in [7, 11) is 0. The van der Waals surface area contributed by atoms with E-state index in [9.17, 15) is 0 Å². The molecule has 0 spiro atoms. The molecule has 0 saturated heterocycles. The molecule has 1 rings (SSSR count). The number of alkyl halides is 2. The molecule has 0 aliphatic heterocycles. The van der Waals surface area contributed by atoms with Gasteiger partial charge in [0, 0.05) is 6.20 Å². The smallest absolute Gasteiger partial charge is 0.204 e. The summed E-state index contributed by atoms with van der Waals surface area (Å²) in [6, 6.07) is 5.49. The summed E-state index contributed by atoms with van der Waals surface area (Å²) in [6.07, 6.45) is 3.51. The van der Waals surface area contributed by atoms with Gasteiger partial charge in [-0.15, -0.1) is 11.8 Å². The fourth-order valence-corrected chi connectivity index (χ4v) is 1.19. The number of halogens is 2. The van der Waals surface area contributed by atoms with Gasteiger partial charge in [0.05, 0.1) is 5.69 Å². The molecule has 0 amide bonds. The first-order valence-corrected chi connectivity index (χ1v) is 4.99. The van der Waals surface area contributed by atoms with Crippen molar-refractivity contribution in [3.05, 3.63) is 30.1 Å². The monoisotopic (exact) mass is 207 g/mol. The van der Waals surface area contributed by atoms with Crippen LogP contribution in [0.3, 0.4) is 0 Å². The zero-order valence-corrected chi connectivity index (χ0v) is 8.25. The lowest BCUT2D eigenvalue weighted by atomic mass is 10.4. The Balaban J connectivity index is 2.93. The SMILES string of the molecule is CSC(Cl)(Cl)c1ccccn1. The van der Waals surface area contributed by atoms with Crippen LogP contribution in [0, 0.1) is 0 Å². The van der Waals surface area contributed by atoms with Gasteiger partial charge >= 0.3 is 0 Å². The van der Waals surface area contributed by atoms with Crippen LogP contribution in [0.1, 0.15) is 5.69 Å². The van der Waals surface area contributed by atoms with Crippen LogP contribution >= 0.6 is 35.0 Å². The molecule has 60 valence electrons. The van der Waals surface area contributed by atoms with Gasteiger partial charge in [0.1, 0.15) is 0 Å². The molecule has 1 heterocycles. The minimum absolute atomic E-state index is 0.677. The first-order valence-electron chi connectivity index (χ1n) is 3.01. The lowest BCUT2D eigenvalue weighted by molar-refractivity contribution is 1.10. The predicted molar refractivity (Wildman–Crippen MR) is 51.1 cm³/mol. The molecule has 1 aromatic rings. The average Bonchev–Trinajstić information content (AvgIpc) is 2.06. The van der Waals surface area contributed by atoms with Gasteiger partial charge < -0.3 is 0 Å². The van der Waals surface area contributed by atoms with Crippen LogP contribution in [0.5, 0.6) is 0 Å². The summed E-state index contributed by atoms with van der Waals surface area (Å²) in [5.74, 6) is 0. The third kappa shape index (κ3) is 2.26. The van der Waals surface area contributed by atoms with Crippen molar-refractivity contribution in [3.8, 4) is 0 Å². The highest BCUT2D eigenvalue weighted by molar-refractivity contribution is 8.02. The van der Waals surface area contributed by atoms with Gasteiger partial charge in [0.25, 0.3) is 0 Å². The topological polar surface area (TPSA) is 12.9 Å². The average molecular weight is 208 g/mol. The maximum Gasteiger partial charge on any atom is 0.204 e. The molecule has 4 heteroatoms. The summed E-state index contributed by atoms with van der Waals surface area (Å²) < 4.78 is -0.915. The van der Waals surface area contributed by atoms with Gasteiger partial charge in [-0.3, -0.25) is 4.98 Å². The fraction of sp³-hybridized carbons (Fsp3) is 0.286. The number of nitrogens with zero attached hydrogens (tertiary/aromatic N) is 1. The molecular weight excluding hydrogens is 201 g/mol. The second-order valence-corrected chi connectivity index (χ2v) is 4.73. The predicted octanol–water partition coefficient (Wildman–Crippen LogP) is 3.03. The van der Waals surface area contributed by atoms with E-state index in [1.165, 1.54) is 11.8 Å². The van der Waals surface area contributed by atoms with E-state index >= 15 is 0 Å². The van der Waals surface area contributed by atoms with Crippen LogP contribution in [0.2, 0.25) is 0 Å². The number of hydrogen-bond acceptors (Lipinski definition) is 2. The Labute approximate surface area is 80.1 Å². The molecule has 0 saturated carbocycles. The molecule has 0 aliphatic carbocycles. The normalized spacial score (nSPS) is 11.5. The number of aromatic nitrogens is 1. The molecule has 11 heavy (non-hydrogen) atoms. The van der Waals surface area contributed by atoms with E-state index in [2.05, 4.69) is 4.98 Å². The first kappa shape index (κ1) is 9.17. The largest absolute Gasteiger partial charge is 0.257 e. The molecule has 0 N–H and O–H groups in total. The van der Waals surface area contributed by atoms with Crippen molar-refractivity contribution in [2.45, 2.75) is 3.67 Å². The van der Waals surface area contributed by atoms with Crippen molar-refractivity contribution in [3.63, 3.8) is 0 Å². The van der Waals surface area contributed by atoms with Gasteiger partial charge in [-0.1, -0.05) is 29.3 Å². The second kappa shape index (κ2) is 3.65. The van der Waals surface area contributed by atoms with E-state index in [1.807, 2.05) is 18.4 Å². The van der Waals surface area contributed by atoms with E-state index < -0.39 is 3.67 Å². The third-order valence-electron chi connectivity index (χ3n) is 1.22. The molecule has 1 nitrogen and oxygen atoms in total. The van der Waals surface area contributed by atoms with E-state index in [0.29, 0.717) is 5.69 Å². The molecule has 0 fully saturated rings. The Morgan fingerprint density at radius 1 is 1.45 bits per heavy atom. The standard InChI is InChI=1S/C7H7Cl2NS/c1-11-7(8,9)6-4-2-3-5-10-6/h2-5H,1H3. The highest BCUT2D eigenvalue weighted by Gasteiger charge is 2.25. The summed E-state index contributed by atoms with van der Waals surface area (Å²) in [5.41, 5.74) is 0.677. The fourth-order valence-electron chi connectivity index (χ4n) is 0.639. The molecule has 1 aromatic heterocycles. The molecule has 0 unspecified atom stereocenters. The molecule has 0 atom stereocenters. The van der Waals surface area contributed by atoms with Crippen LogP contribution in [-0.2, 0) is 3.67 Å². The van der Waals surface area contributed by atoms with Crippen LogP contribution in [0.15, 0.2) is 24.4 Å². The Morgan fingerprint density at radius 3 is 2.64 bits per heavy atom. The summed E-state index contributed by atoms with van der Waals surface area (Å²) in [4.78, 5) is 4.04. The molecule has 0 bridgehead atoms. The Kier molecular flexibility index (Phi) is 3.05. The highest BCUT2D eigenvalue weighted by Crippen LogP contribution is 2.41.